The van der Waals surface area contributed by atoms with E-state index in [0.717, 1.165) is 61.9 Å². The molecule has 0 atom stereocenters. The van der Waals surface area contributed by atoms with Gasteiger partial charge in [0, 0.05) is 36.4 Å². The standard InChI is InChI=1S/C22H25N5O2.C2HF3O2/c1-17-7-8-18(15-20(17)22(28)23-19-5-3-2-4-6-19)21-16-27(25-24-21)10-9-26-11-13-29-14-12-26;3-2(4,5)1(6)7/h2-8,15-16H,9-14H2,1H3,(H,23,28);(H,6,7). The first-order chi connectivity index (χ1) is 17.1. The van der Waals surface area contributed by atoms with Crippen molar-refractivity contribution in [1.82, 2.24) is 19.9 Å². The molecule has 0 aliphatic carbocycles. The minimum absolute atomic E-state index is 0.129. The first-order valence-electron chi connectivity index (χ1n) is 11.1. The van der Waals surface area contributed by atoms with Gasteiger partial charge in [-0.1, -0.05) is 35.5 Å². The Morgan fingerprint density at radius 3 is 2.39 bits per heavy atom. The fourth-order valence-corrected chi connectivity index (χ4v) is 3.35. The van der Waals surface area contributed by atoms with Crippen LogP contribution in [0, 0.1) is 6.92 Å². The molecule has 9 nitrogen and oxygen atoms in total. The van der Waals surface area contributed by atoms with E-state index in [2.05, 4.69) is 20.5 Å². The van der Waals surface area contributed by atoms with E-state index in [4.69, 9.17) is 14.6 Å². The first-order valence-corrected chi connectivity index (χ1v) is 11.1. The second kappa shape index (κ2) is 12.3. The highest BCUT2D eigenvalue weighted by Gasteiger charge is 2.38. The number of nitrogens with zero attached hydrogens (tertiary/aromatic N) is 4. The summed E-state index contributed by atoms with van der Waals surface area (Å²) in [7, 11) is 0. The Balaban J connectivity index is 0.000000454. The minimum Gasteiger partial charge on any atom is -0.475 e. The number of carboxylic acid groups (broad SMARTS) is 1. The minimum atomic E-state index is -5.08. The molecule has 12 heteroatoms. The van der Waals surface area contributed by atoms with E-state index in [1.54, 1.807) is 0 Å². The number of halogens is 3. The Labute approximate surface area is 205 Å². The number of aliphatic carboxylic acids is 1. The molecule has 36 heavy (non-hydrogen) atoms. The third-order valence-corrected chi connectivity index (χ3v) is 5.34. The lowest BCUT2D eigenvalue weighted by Gasteiger charge is -2.26. The Morgan fingerprint density at radius 1 is 1.08 bits per heavy atom. The lowest BCUT2D eigenvalue weighted by molar-refractivity contribution is -0.192. The number of rotatable bonds is 6. The van der Waals surface area contributed by atoms with E-state index in [0.29, 0.717) is 5.56 Å². The number of morpholine rings is 1. The van der Waals surface area contributed by atoms with Crippen molar-refractivity contribution in [2.24, 2.45) is 0 Å². The van der Waals surface area contributed by atoms with Crippen LogP contribution in [0.2, 0.25) is 0 Å². The Bertz CT molecular complexity index is 1160. The van der Waals surface area contributed by atoms with Crippen LogP contribution in [-0.4, -0.2) is 75.9 Å². The van der Waals surface area contributed by atoms with Gasteiger partial charge in [0.1, 0.15) is 5.69 Å². The number of ether oxygens (including phenoxy) is 1. The lowest BCUT2D eigenvalue weighted by atomic mass is 10.0. The van der Waals surface area contributed by atoms with Crippen LogP contribution in [0.15, 0.2) is 54.7 Å². The van der Waals surface area contributed by atoms with Gasteiger partial charge in [0.2, 0.25) is 0 Å². The third-order valence-electron chi connectivity index (χ3n) is 5.34. The summed E-state index contributed by atoms with van der Waals surface area (Å²) in [5, 5.41) is 18.6. The molecule has 1 saturated heterocycles. The zero-order valence-corrected chi connectivity index (χ0v) is 19.5. The summed E-state index contributed by atoms with van der Waals surface area (Å²) in [5.74, 6) is -2.89. The van der Waals surface area contributed by atoms with Crippen LogP contribution in [-0.2, 0) is 16.1 Å². The Morgan fingerprint density at radius 2 is 1.75 bits per heavy atom. The van der Waals surface area contributed by atoms with Crippen molar-refractivity contribution in [2.45, 2.75) is 19.6 Å². The van der Waals surface area contributed by atoms with Crippen LogP contribution < -0.4 is 5.32 Å². The van der Waals surface area contributed by atoms with E-state index in [9.17, 15) is 18.0 Å². The van der Waals surface area contributed by atoms with Gasteiger partial charge in [0.15, 0.2) is 0 Å². The number of anilines is 1. The van der Waals surface area contributed by atoms with Gasteiger partial charge in [0.05, 0.1) is 26.0 Å². The van der Waals surface area contributed by atoms with Crippen LogP contribution in [0.1, 0.15) is 15.9 Å². The van der Waals surface area contributed by atoms with Crippen LogP contribution in [0.5, 0.6) is 0 Å². The fourth-order valence-electron chi connectivity index (χ4n) is 3.35. The molecule has 0 saturated carbocycles. The highest BCUT2D eigenvalue weighted by Crippen LogP contribution is 2.21. The van der Waals surface area contributed by atoms with Gasteiger partial charge < -0.3 is 15.2 Å². The average molecular weight is 505 g/mol. The summed E-state index contributed by atoms with van der Waals surface area (Å²) < 4.78 is 39.0. The molecular weight excluding hydrogens is 479 g/mol. The fraction of sp³-hybridized carbons (Fsp3) is 0.333. The average Bonchev–Trinajstić information content (AvgIpc) is 3.33. The summed E-state index contributed by atoms with van der Waals surface area (Å²) in [6.07, 6.45) is -3.15. The quantitative estimate of drug-likeness (QED) is 0.528. The zero-order valence-electron chi connectivity index (χ0n) is 19.5. The zero-order chi connectivity index (χ0) is 26.1. The Hall–Kier alpha value is -3.77. The van der Waals surface area contributed by atoms with Gasteiger partial charge in [-0.15, -0.1) is 5.10 Å². The van der Waals surface area contributed by atoms with E-state index in [1.807, 2.05) is 66.3 Å². The van der Waals surface area contributed by atoms with Crippen molar-refractivity contribution < 1.29 is 32.6 Å². The molecule has 1 amide bonds. The van der Waals surface area contributed by atoms with Crippen molar-refractivity contribution in [3.63, 3.8) is 0 Å². The van der Waals surface area contributed by atoms with E-state index in [-0.39, 0.29) is 5.91 Å². The molecule has 0 bridgehead atoms. The maximum Gasteiger partial charge on any atom is 0.490 e. The van der Waals surface area contributed by atoms with Crippen molar-refractivity contribution in [1.29, 1.82) is 0 Å². The van der Waals surface area contributed by atoms with Gasteiger partial charge in [-0.3, -0.25) is 14.4 Å². The molecule has 4 rings (SSSR count). The number of amides is 1. The molecular formula is C24H26F3N5O4. The predicted octanol–water partition coefficient (Wildman–Crippen LogP) is 3.47. The van der Waals surface area contributed by atoms with Gasteiger partial charge in [-0.25, -0.2) is 4.79 Å². The number of carboxylic acids is 1. The van der Waals surface area contributed by atoms with Gasteiger partial charge in [0.25, 0.3) is 5.91 Å². The molecule has 3 aromatic rings. The molecule has 1 aromatic heterocycles. The molecule has 1 fully saturated rings. The molecule has 1 aliphatic rings. The summed E-state index contributed by atoms with van der Waals surface area (Å²) in [6.45, 7) is 7.13. The number of para-hydroxylation sites is 1. The van der Waals surface area contributed by atoms with Gasteiger partial charge >= 0.3 is 12.1 Å². The molecule has 2 N–H and O–H groups in total. The predicted molar refractivity (Wildman–Crippen MR) is 126 cm³/mol. The molecule has 2 heterocycles. The molecule has 0 spiro atoms. The number of carbonyl (C=O) groups is 2. The normalized spacial score (nSPS) is 14.0. The maximum atomic E-state index is 12.7. The van der Waals surface area contributed by atoms with Crippen LogP contribution >= 0.6 is 0 Å². The molecule has 0 unspecified atom stereocenters. The number of nitrogens with one attached hydrogen (secondary N) is 1. The molecule has 0 radical (unpaired) electrons. The van der Waals surface area contributed by atoms with Gasteiger partial charge in [-0.05, 0) is 30.7 Å². The highest BCUT2D eigenvalue weighted by atomic mass is 19.4. The number of aryl methyl sites for hydroxylation is 1. The van der Waals surface area contributed by atoms with E-state index in [1.165, 1.54) is 0 Å². The number of carbonyl (C=O) groups excluding carboxylic acids is 1. The topological polar surface area (TPSA) is 110 Å². The van der Waals surface area contributed by atoms with Crippen molar-refractivity contribution in [2.75, 3.05) is 38.2 Å². The maximum absolute atomic E-state index is 12.7. The van der Waals surface area contributed by atoms with E-state index >= 15 is 0 Å². The largest absolute Gasteiger partial charge is 0.490 e. The number of alkyl halides is 3. The number of hydrogen-bond donors (Lipinski definition) is 2. The molecule has 1 aliphatic heterocycles. The van der Waals surface area contributed by atoms with Crippen LogP contribution in [0.3, 0.4) is 0 Å². The lowest BCUT2D eigenvalue weighted by Crippen LogP contribution is -2.38. The third kappa shape index (κ3) is 7.89. The highest BCUT2D eigenvalue weighted by molar-refractivity contribution is 6.05. The van der Waals surface area contributed by atoms with Crippen molar-refractivity contribution >= 4 is 17.6 Å². The van der Waals surface area contributed by atoms with E-state index < -0.39 is 12.1 Å². The SMILES string of the molecule is Cc1ccc(-c2cn(CCN3CCOCC3)nn2)cc1C(=O)Nc1ccccc1.O=C(O)C(F)(F)F. The smallest absolute Gasteiger partial charge is 0.475 e. The molecule has 192 valence electrons. The monoisotopic (exact) mass is 505 g/mol. The summed E-state index contributed by atoms with van der Waals surface area (Å²) >= 11 is 0. The second-order valence-corrected chi connectivity index (χ2v) is 7.97. The van der Waals surface area contributed by atoms with Crippen molar-refractivity contribution in [3.05, 3.63) is 65.9 Å². The first kappa shape index (κ1) is 26.8. The number of benzene rings is 2. The van der Waals surface area contributed by atoms with Crippen molar-refractivity contribution in [3.8, 4) is 11.3 Å². The van der Waals surface area contributed by atoms with Gasteiger partial charge in [-0.2, -0.15) is 13.2 Å². The number of aromatic nitrogens is 3. The number of hydrogen-bond acceptors (Lipinski definition) is 6. The van der Waals surface area contributed by atoms with Crippen LogP contribution in [0.25, 0.3) is 11.3 Å². The molecule has 2 aromatic carbocycles. The summed E-state index contributed by atoms with van der Waals surface area (Å²) in [4.78, 5) is 24.0. The summed E-state index contributed by atoms with van der Waals surface area (Å²) in [5.41, 5.74) is 3.97. The second-order valence-electron chi connectivity index (χ2n) is 7.97. The summed E-state index contributed by atoms with van der Waals surface area (Å²) in [6, 6.07) is 15.3. The Kier molecular flexibility index (Phi) is 9.14. The van der Waals surface area contributed by atoms with Crippen LogP contribution in [0.4, 0.5) is 18.9 Å².